The molecule has 0 N–H and O–H groups in total. The second-order valence-corrected chi connectivity index (χ2v) is 18.8. The first-order valence-corrected chi connectivity index (χ1v) is 28.4. The summed E-state index contributed by atoms with van der Waals surface area (Å²) in [7, 11) is 0. The summed E-state index contributed by atoms with van der Waals surface area (Å²) in [5.74, 6) is -0.968. The quantitative estimate of drug-likeness (QED) is 0.0262. The minimum atomic E-state index is -0.810. The van der Waals surface area contributed by atoms with Crippen LogP contribution in [0.3, 0.4) is 0 Å². The Balaban J connectivity index is 4.49. The first kappa shape index (κ1) is 63.8. The number of allylic oxidation sites excluding steroid dienone is 12. The Morgan fingerprint density at radius 2 is 0.552 bits per heavy atom. The zero-order valence-electron chi connectivity index (χ0n) is 44.2. The molecular formula is C61H106O6. The molecule has 0 aliphatic rings. The van der Waals surface area contributed by atoms with Crippen LogP contribution in [0.1, 0.15) is 278 Å². The molecule has 0 radical (unpaired) electrons. The maximum absolute atomic E-state index is 12.8. The van der Waals surface area contributed by atoms with Gasteiger partial charge < -0.3 is 14.2 Å². The largest absolute Gasteiger partial charge is 0.462 e. The summed E-state index contributed by atoms with van der Waals surface area (Å²) in [5, 5.41) is 0. The first-order valence-electron chi connectivity index (χ1n) is 28.4. The van der Waals surface area contributed by atoms with Gasteiger partial charge in [-0.25, -0.2) is 0 Å². The number of carbonyl (C=O) groups excluding carboxylic acids is 3. The van der Waals surface area contributed by atoms with Crippen molar-refractivity contribution in [1.29, 1.82) is 0 Å². The Morgan fingerprint density at radius 3 is 0.910 bits per heavy atom. The van der Waals surface area contributed by atoms with Crippen molar-refractivity contribution in [2.45, 2.75) is 284 Å². The highest BCUT2D eigenvalue weighted by atomic mass is 16.6. The SMILES string of the molecule is CCCCC/C=C\C/C=C\C/C=C\CCCCCCC(=O)OC[C@H](COC(=O)CCCCCCCCCCCCCCCCC)OC(=O)CCC/C=C\C/C=C\C/C=C\CCCCCCCC. The van der Waals surface area contributed by atoms with E-state index in [0.717, 1.165) is 83.5 Å². The molecule has 0 aromatic carbocycles. The standard InChI is InChI=1S/C61H106O6/c1-4-7-10-13-16-19-22-25-28-30-33-36-39-42-45-48-51-54-60(63)66-57-58(56-65-59(62)53-50-47-44-41-38-35-32-27-24-21-18-15-12-9-6-3)67-61(64)55-52-49-46-43-40-37-34-31-29-26-23-20-17-14-11-8-5-2/h16,19,25-26,28-29,33-34,36-37,43,46,58H,4-15,17-18,20-24,27,30-32,35,38-42,44-45,47-57H2,1-3H3/b19-16-,28-25-,29-26-,36-33-,37-34-,46-43-/t58-/m0/s1. The van der Waals surface area contributed by atoms with Gasteiger partial charge in [0, 0.05) is 19.3 Å². The van der Waals surface area contributed by atoms with Crippen LogP contribution >= 0.6 is 0 Å². The number of hydrogen-bond acceptors (Lipinski definition) is 6. The monoisotopic (exact) mass is 935 g/mol. The fourth-order valence-electron chi connectivity index (χ4n) is 7.88. The summed E-state index contributed by atoms with van der Waals surface area (Å²) in [6, 6.07) is 0. The Kier molecular flexibility index (Phi) is 52.8. The average molecular weight is 936 g/mol. The van der Waals surface area contributed by atoms with Crippen LogP contribution in [0, 0.1) is 0 Å². The van der Waals surface area contributed by atoms with E-state index < -0.39 is 6.10 Å². The van der Waals surface area contributed by atoms with Gasteiger partial charge in [0.1, 0.15) is 13.2 Å². The third-order valence-corrected chi connectivity index (χ3v) is 12.2. The highest BCUT2D eigenvalue weighted by Crippen LogP contribution is 2.15. The molecule has 0 rings (SSSR count). The van der Waals surface area contributed by atoms with E-state index in [1.54, 1.807) is 0 Å². The summed E-state index contributed by atoms with van der Waals surface area (Å²) in [6.45, 7) is 6.56. The number of rotatable bonds is 51. The molecule has 6 nitrogen and oxygen atoms in total. The number of ether oxygens (including phenoxy) is 3. The van der Waals surface area contributed by atoms with Gasteiger partial charge in [0.2, 0.25) is 0 Å². The Morgan fingerprint density at radius 1 is 0.299 bits per heavy atom. The Bertz CT molecular complexity index is 1260. The summed E-state index contributed by atoms with van der Waals surface area (Å²) in [6.07, 6.45) is 70.3. The molecule has 0 aromatic heterocycles. The molecule has 386 valence electrons. The summed E-state index contributed by atoms with van der Waals surface area (Å²) >= 11 is 0. The lowest BCUT2D eigenvalue weighted by Crippen LogP contribution is -2.30. The van der Waals surface area contributed by atoms with E-state index in [1.165, 1.54) is 148 Å². The molecule has 0 saturated heterocycles. The molecule has 1 atom stereocenters. The van der Waals surface area contributed by atoms with Crippen molar-refractivity contribution in [3.63, 3.8) is 0 Å². The molecule has 6 heteroatoms. The molecule has 0 saturated carbocycles. The molecule has 0 aromatic rings. The van der Waals surface area contributed by atoms with Gasteiger partial charge in [-0.05, 0) is 89.9 Å². The Hall–Kier alpha value is -3.15. The van der Waals surface area contributed by atoms with E-state index in [9.17, 15) is 14.4 Å². The normalized spacial score (nSPS) is 12.6. The molecule has 0 aliphatic carbocycles. The van der Waals surface area contributed by atoms with Crippen LogP contribution in [-0.2, 0) is 28.6 Å². The molecular weight excluding hydrogens is 829 g/mol. The zero-order valence-corrected chi connectivity index (χ0v) is 44.2. The molecule has 0 amide bonds. The average Bonchev–Trinajstić information content (AvgIpc) is 3.33. The fraction of sp³-hybridized carbons (Fsp3) is 0.754. The minimum absolute atomic E-state index is 0.101. The van der Waals surface area contributed by atoms with Crippen LogP contribution in [0.2, 0.25) is 0 Å². The third-order valence-electron chi connectivity index (χ3n) is 12.2. The van der Waals surface area contributed by atoms with Gasteiger partial charge in [-0.15, -0.1) is 0 Å². The number of esters is 3. The smallest absolute Gasteiger partial charge is 0.306 e. The van der Waals surface area contributed by atoms with Gasteiger partial charge in [0.15, 0.2) is 6.10 Å². The minimum Gasteiger partial charge on any atom is -0.462 e. The van der Waals surface area contributed by atoms with Gasteiger partial charge in [0.05, 0.1) is 0 Å². The van der Waals surface area contributed by atoms with Crippen LogP contribution in [0.25, 0.3) is 0 Å². The molecule has 0 unspecified atom stereocenters. The van der Waals surface area contributed by atoms with Crippen molar-refractivity contribution < 1.29 is 28.6 Å². The second kappa shape index (κ2) is 55.4. The highest BCUT2D eigenvalue weighted by Gasteiger charge is 2.19. The van der Waals surface area contributed by atoms with Crippen molar-refractivity contribution >= 4 is 17.9 Å². The van der Waals surface area contributed by atoms with Crippen molar-refractivity contribution in [1.82, 2.24) is 0 Å². The van der Waals surface area contributed by atoms with Crippen LogP contribution in [-0.4, -0.2) is 37.2 Å². The first-order chi connectivity index (χ1) is 33.0. The zero-order chi connectivity index (χ0) is 48.6. The summed E-state index contributed by atoms with van der Waals surface area (Å²) in [5.41, 5.74) is 0. The molecule has 0 bridgehead atoms. The van der Waals surface area contributed by atoms with Crippen LogP contribution in [0.4, 0.5) is 0 Å². The van der Waals surface area contributed by atoms with Gasteiger partial charge in [0.25, 0.3) is 0 Å². The lowest BCUT2D eigenvalue weighted by molar-refractivity contribution is -0.167. The van der Waals surface area contributed by atoms with E-state index in [4.69, 9.17) is 14.2 Å². The van der Waals surface area contributed by atoms with Crippen LogP contribution < -0.4 is 0 Å². The predicted octanol–water partition coefficient (Wildman–Crippen LogP) is 19.0. The van der Waals surface area contributed by atoms with E-state index in [-0.39, 0.29) is 37.5 Å². The lowest BCUT2D eigenvalue weighted by Gasteiger charge is -2.18. The van der Waals surface area contributed by atoms with Crippen molar-refractivity contribution in [3.05, 3.63) is 72.9 Å². The molecule has 67 heavy (non-hydrogen) atoms. The van der Waals surface area contributed by atoms with E-state index >= 15 is 0 Å². The second-order valence-electron chi connectivity index (χ2n) is 18.8. The van der Waals surface area contributed by atoms with Crippen LogP contribution in [0.15, 0.2) is 72.9 Å². The number of hydrogen-bond donors (Lipinski definition) is 0. The van der Waals surface area contributed by atoms with Crippen molar-refractivity contribution in [2.75, 3.05) is 13.2 Å². The Labute approximate surface area is 414 Å². The van der Waals surface area contributed by atoms with Crippen molar-refractivity contribution in [3.8, 4) is 0 Å². The topological polar surface area (TPSA) is 78.9 Å². The third kappa shape index (κ3) is 53.7. The predicted molar refractivity (Wildman–Crippen MR) is 288 cm³/mol. The lowest BCUT2D eigenvalue weighted by atomic mass is 10.0. The van der Waals surface area contributed by atoms with Crippen molar-refractivity contribution in [2.24, 2.45) is 0 Å². The fourth-order valence-corrected chi connectivity index (χ4v) is 7.88. The number of carbonyl (C=O) groups is 3. The van der Waals surface area contributed by atoms with Gasteiger partial charge >= 0.3 is 17.9 Å². The van der Waals surface area contributed by atoms with E-state index in [1.807, 2.05) is 0 Å². The molecule has 0 heterocycles. The van der Waals surface area contributed by atoms with Gasteiger partial charge in [-0.2, -0.15) is 0 Å². The maximum atomic E-state index is 12.8. The number of unbranched alkanes of at least 4 members (excludes halogenated alkanes) is 28. The maximum Gasteiger partial charge on any atom is 0.306 e. The van der Waals surface area contributed by atoms with Gasteiger partial charge in [-0.3, -0.25) is 14.4 Å². The van der Waals surface area contributed by atoms with E-state index in [2.05, 4.69) is 93.7 Å². The molecule has 0 spiro atoms. The summed E-state index contributed by atoms with van der Waals surface area (Å²) in [4.78, 5) is 38.1. The molecule has 0 fully saturated rings. The highest BCUT2D eigenvalue weighted by molar-refractivity contribution is 5.71. The summed E-state index contributed by atoms with van der Waals surface area (Å²) < 4.78 is 16.8. The molecule has 0 aliphatic heterocycles. The van der Waals surface area contributed by atoms with Gasteiger partial charge in [-0.1, -0.05) is 241 Å². The van der Waals surface area contributed by atoms with E-state index in [0.29, 0.717) is 19.3 Å². The van der Waals surface area contributed by atoms with Crippen LogP contribution in [0.5, 0.6) is 0 Å².